The first-order chi connectivity index (χ1) is 18.6. The van der Waals surface area contributed by atoms with E-state index in [1.165, 1.54) is 66.0 Å². The van der Waals surface area contributed by atoms with Crippen LogP contribution in [0.1, 0.15) is 53.9 Å². The van der Waals surface area contributed by atoms with Gasteiger partial charge in [0.15, 0.2) is 0 Å². The van der Waals surface area contributed by atoms with Gasteiger partial charge in [0, 0.05) is 44.1 Å². The van der Waals surface area contributed by atoms with Crippen LogP contribution >= 0.6 is 0 Å². The minimum absolute atomic E-state index is 0.486. The van der Waals surface area contributed by atoms with E-state index in [-0.39, 0.29) is 0 Å². The molecule has 1 aliphatic heterocycles. The van der Waals surface area contributed by atoms with E-state index in [0.29, 0.717) is 5.92 Å². The number of likely N-dealkylation sites (N-methyl/N-ethyl adjacent to an activating group) is 1. The third-order valence-electron chi connectivity index (χ3n) is 8.40. The Morgan fingerprint density at radius 2 is 1.61 bits per heavy atom. The van der Waals surface area contributed by atoms with Gasteiger partial charge in [0.25, 0.3) is 0 Å². The summed E-state index contributed by atoms with van der Waals surface area (Å²) in [6.45, 7) is 5.53. The highest BCUT2D eigenvalue weighted by Gasteiger charge is 2.23. The lowest BCUT2D eigenvalue weighted by molar-refractivity contribution is 0.234. The van der Waals surface area contributed by atoms with Crippen LogP contribution in [0.15, 0.2) is 60.7 Å². The number of nitrogens with zero attached hydrogens (tertiary/aromatic N) is 2. The standard InChI is InChI=1S/C33H43N3O2/c1-35(19-20-36-17-5-4-6-18-36)29-12-7-25(8-13-29)24-34-33-23-31(38-3)15-16-32(33)28-10-9-27-22-30(37-2)14-11-26(27)21-28/h7-8,11-16,22-23,28,34H,4-6,9-10,17-21,24H2,1-3H3. The van der Waals surface area contributed by atoms with Crippen LogP contribution < -0.4 is 19.7 Å². The number of aryl methyl sites for hydroxylation is 1. The molecule has 1 heterocycles. The highest BCUT2D eigenvalue weighted by molar-refractivity contribution is 5.58. The first-order valence-electron chi connectivity index (χ1n) is 14.2. The maximum atomic E-state index is 5.58. The number of ether oxygens (including phenoxy) is 2. The monoisotopic (exact) mass is 513 g/mol. The average molecular weight is 514 g/mol. The summed E-state index contributed by atoms with van der Waals surface area (Å²) in [7, 11) is 5.69. The first-order valence-corrected chi connectivity index (χ1v) is 14.2. The quantitative estimate of drug-likeness (QED) is 0.334. The molecule has 0 aromatic heterocycles. The summed E-state index contributed by atoms with van der Waals surface area (Å²) in [5, 5.41) is 3.74. The maximum Gasteiger partial charge on any atom is 0.120 e. The first kappa shape index (κ1) is 26.4. The van der Waals surface area contributed by atoms with Crippen molar-refractivity contribution in [2.75, 3.05) is 57.7 Å². The predicted molar refractivity (Wildman–Crippen MR) is 158 cm³/mol. The Morgan fingerprint density at radius 1 is 0.868 bits per heavy atom. The zero-order valence-corrected chi connectivity index (χ0v) is 23.3. The molecule has 0 saturated carbocycles. The SMILES string of the molecule is COc1ccc2c(c1)CCC(c1ccc(OC)cc1NCc1ccc(N(C)CCN3CCCCC3)cc1)C2. The predicted octanol–water partition coefficient (Wildman–Crippen LogP) is 6.51. The summed E-state index contributed by atoms with van der Waals surface area (Å²) in [4.78, 5) is 4.98. The second-order valence-electron chi connectivity index (χ2n) is 10.9. The number of nitrogens with one attached hydrogen (secondary N) is 1. The van der Waals surface area contributed by atoms with Gasteiger partial charge >= 0.3 is 0 Å². The Hall–Kier alpha value is -3.18. The van der Waals surface area contributed by atoms with Crippen LogP contribution in [0.5, 0.6) is 11.5 Å². The summed E-state index contributed by atoms with van der Waals surface area (Å²) < 4.78 is 11.0. The number of hydrogen-bond donors (Lipinski definition) is 1. The lowest BCUT2D eigenvalue weighted by Crippen LogP contribution is -2.36. The van der Waals surface area contributed by atoms with E-state index in [1.807, 2.05) is 0 Å². The van der Waals surface area contributed by atoms with Crippen molar-refractivity contribution < 1.29 is 9.47 Å². The maximum absolute atomic E-state index is 5.58. The summed E-state index contributed by atoms with van der Waals surface area (Å²) in [6, 6.07) is 22.0. The van der Waals surface area contributed by atoms with Gasteiger partial charge in [0.2, 0.25) is 0 Å². The molecule has 5 rings (SSSR count). The molecule has 1 aliphatic carbocycles. The van der Waals surface area contributed by atoms with Crippen LogP contribution in [-0.4, -0.2) is 52.3 Å². The number of fused-ring (bicyclic) bond motifs is 1. The second-order valence-corrected chi connectivity index (χ2v) is 10.9. The van der Waals surface area contributed by atoms with Gasteiger partial charge in [-0.05, 0) is 104 Å². The Bertz CT molecular complexity index is 1190. The van der Waals surface area contributed by atoms with Crippen LogP contribution in [0.4, 0.5) is 11.4 Å². The number of rotatable bonds is 10. The molecular weight excluding hydrogens is 470 g/mol. The summed E-state index contributed by atoms with van der Waals surface area (Å²) in [6.07, 6.45) is 7.37. The van der Waals surface area contributed by atoms with E-state index in [9.17, 15) is 0 Å². The van der Waals surface area contributed by atoms with Gasteiger partial charge in [0.1, 0.15) is 11.5 Å². The van der Waals surface area contributed by atoms with Gasteiger partial charge in [-0.1, -0.05) is 30.7 Å². The fourth-order valence-corrected chi connectivity index (χ4v) is 5.96. The van der Waals surface area contributed by atoms with Crippen molar-refractivity contribution in [1.82, 2.24) is 4.90 Å². The molecule has 0 radical (unpaired) electrons. The van der Waals surface area contributed by atoms with Gasteiger partial charge in [-0.3, -0.25) is 0 Å². The molecule has 5 heteroatoms. The lowest BCUT2D eigenvalue weighted by atomic mass is 9.79. The van der Waals surface area contributed by atoms with Gasteiger partial charge in [-0.25, -0.2) is 0 Å². The van der Waals surface area contributed by atoms with E-state index in [0.717, 1.165) is 50.4 Å². The van der Waals surface area contributed by atoms with Crippen LogP contribution in [0, 0.1) is 0 Å². The van der Waals surface area contributed by atoms with Crippen LogP contribution in [0.25, 0.3) is 0 Å². The smallest absolute Gasteiger partial charge is 0.120 e. The molecule has 3 aromatic rings. The Labute approximate surface area is 228 Å². The minimum Gasteiger partial charge on any atom is -0.497 e. The number of benzene rings is 3. The zero-order valence-electron chi connectivity index (χ0n) is 23.3. The molecule has 1 saturated heterocycles. The van der Waals surface area contributed by atoms with Crippen LogP contribution in [0.2, 0.25) is 0 Å². The third kappa shape index (κ3) is 6.44. The molecule has 1 unspecified atom stereocenters. The van der Waals surface area contributed by atoms with Gasteiger partial charge in [-0.2, -0.15) is 0 Å². The number of likely N-dealkylation sites (tertiary alicyclic amines) is 1. The largest absolute Gasteiger partial charge is 0.497 e. The number of hydrogen-bond acceptors (Lipinski definition) is 5. The molecule has 0 amide bonds. The molecule has 2 aliphatic rings. The van der Waals surface area contributed by atoms with E-state index in [1.54, 1.807) is 14.2 Å². The molecule has 0 spiro atoms. The molecule has 5 nitrogen and oxygen atoms in total. The minimum atomic E-state index is 0.486. The van der Waals surface area contributed by atoms with E-state index >= 15 is 0 Å². The van der Waals surface area contributed by atoms with Crippen molar-refractivity contribution in [2.45, 2.75) is 51.0 Å². The molecule has 1 fully saturated rings. The van der Waals surface area contributed by atoms with Crippen molar-refractivity contribution in [3.63, 3.8) is 0 Å². The van der Waals surface area contributed by atoms with Crippen molar-refractivity contribution in [3.05, 3.63) is 82.9 Å². The highest BCUT2D eigenvalue weighted by atomic mass is 16.5. The van der Waals surface area contributed by atoms with Crippen molar-refractivity contribution >= 4 is 11.4 Å². The van der Waals surface area contributed by atoms with Crippen LogP contribution in [-0.2, 0) is 19.4 Å². The number of piperidine rings is 1. The third-order valence-corrected chi connectivity index (χ3v) is 8.40. The summed E-state index contributed by atoms with van der Waals surface area (Å²) in [5.74, 6) is 2.33. The van der Waals surface area contributed by atoms with E-state index < -0.39 is 0 Å². The van der Waals surface area contributed by atoms with Crippen LogP contribution in [0.3, 0.4) is 0 Å². The fourth-order valence-electron chi connectivity index (χ4n) is 5.96. The summed E-state index contributed by atoms with van der Waals surface area (Å²) in [5.41, 5.74) is 7.97. The molecular formula is C33H43N3O2. The Morgan fingerprint density at radius 3 is 2.37 bits per heavy atom. The number of methoxy groups -OCH3 is 2. The van der Waals surface area contributed by atoms with Crippen molar-refractivity contribution in [3.8, 4) is 11.5 Å². The summed E-state index contributed by atoms with van der Waals surface area (Å²) >= 11 is 0. The molecule has 202 valence electrons. The van der Waals surface area contributed by atoms with E-state index in [4.69, 9.17) is 9.47 Å². The second kappa shape index (κ2) is 12.6. The molecule has 1 atom stereocenters. The van der Waals surface area contributed by atoms with Crippen molar-refractivity contribution in [1.29, 1.82) is 0 Å². The van der Waals surface area contributed by atoms with Gasteiger partial charge in [-0.15, -0.1) is 0 Å². The average Bonchev–Trinajstić information content (AvgIpc) is 2.99. The lowest BCUT2D eigenvalue weighted by Gasteiger charge is -2.29. The normalized spacial score (nSPS) is 17.5. The Balaban J connectivity index is 1.22. The van der Waals surface area contributed by atoms with E-state index in [2.05, 4.69) is 82.8 Å². The molecule has 1 N–H and O–H groups in total. The topological polar surface area (TPSA) is 37.0 Å². The van der Waals surface area contributed by atoms with Crippen molar-refractivity contribution in [2.24, 2.45) is 0 Å². The van der Waals surface area contributed by atoms with Gasteiger partial charge < -0.3 is 24.6 Å². The molecule has 38 heavy (non-hydrogen) atoms. The molecule has 3 aromatic carbocycles. The van der Waals surface area contributed by atoms with Gasteiger partial charge in [0.05, 0.1) is 14.2 Å². The fraction of sp³-hybridized carbons (Fsp3) is 0.455. The number of anilines is 2. The molecule has 0 bridgehead atoms. The highest BCUT2D eigenvalue weighted by Crippen LogP contribution is 2.38. The zero-order chi connectivity index (χ0) is 26.3. The Kier molecular flexibility index (Phi) is 8.75.